The minimum absolute atomic E-state index is 0. The summed E-state index contributed by atoms with van der Waals surface area (Å²) >= 11 is 0. The number of para-hydroxylation sites is 2. The maximum Gasteiger partial charge on any atom is 0.241 e. The Labute approximate surface area is 136 Å². The fourth-order valence-corrected chi connectivity index (χ4v) is 2.24. The Balaban J connectivity index is 0.00000176. The molecule has 0 atom stereocenters. The predicted octanol–water partition coefficient (Wildman–Crippen LogP) is 3.39. The molecule has 3 aromatic rings. The van der Waals surface area contributed by atoms with Gasteiger partial charge in [-0.15, -0.1) is 17.5 Å². The van der Waals surface area contributed by atoms with Crippen LogP contribution in [-0.4, -0.2) is 41.9 Å². The minimum atomic E-state index is 0. The Kier molecular flexibility index (Phi) is 5.41. The molecule has 5 heteroatoms. The van der Waals surface area contributed by atoms with E-state index in [0.717, 1.165) is 23.1 Å². The SMILES string of the molecule is CN(C)CCOc1nn(-c2ccccc2)c2ccccc12.Cl. The molecule has 2 aromatic carbocycles. The Hall–Kier alpha value is -2.04. The van der Waals surface area contributed by atoms with Crippen molar-refractivity contribution in [2.75, 3.05) is 27.2 Å². The first-order valence-corrected chi connectivity index (χ1v) is 7.06. The third kappa shape index (κ3) is 3.40. The van der Waals surface area contributed by atoms with Crippen molar-refractivity contribution in [1.82, 2.24) is 14.7 Å². The topological polar surface area (TPSA) is 30.3 Å². The van der Waals surface area contributed by atoms with Crippen LogP contribution in [0.4, 0.5) is 0 Å². The molecule has 0 unspecified atom stereocenters. The fourth-order valence-electron chi connectivity index (χ4n) is 2.24. The second-order valence-electron chi connectivity index (χ2n) is 5.22. The predicted molar refractivity (Wildman–Crippen MR) is 92.4 cm³/mol. The van der Waals surface area contributed by atoms with Gasteiger partial charge in [0, 0.05) is 6.54 Å². The average Bonchev–Trinajstić information content (AvgIpc) is 2.87. The average molecular weight is 318 g/mol. The van der Waals surface area contributed by atoms with Gasteiger partial charge in [-0.1, -0.05) is 30.3 Å². The van der Waals surface area contributed by atoms with Crippen LogP contribution in [0.2, 0.25) is 0 Å². The van der Waals surface area contributed by atoms with E-state index in [0.29, 0.717) is 12.5 Å². The molecule has 0 spiro atoms. The maximum atomic E-state index is 5.86. The molecule has 0 aliphatic rings. The summed E-state index contributed by atoms with van der Waals surface area (Å²) in [7, 11) is 4.06. The lowest BCUT2D eigenvalue weighted by Crippen LogP contribution is -2.19. The highest BCUT2D eigenvalue weighted by Crippen LogP contribution is 2.27. The van der Waals surface area contributed by atoms with Crippen LogP contribution in [0.25, 0.3) is 16.6 Å². The van der Waals surface area contributed by atoms with Gasteiger partial charge in [-0.2, -0.15) is 0 Å². The van der Waals surface area contributed by atoms with E-state index in [4.69, 9.17) is 4.74 Å². The molecular formula is C17H20ClN3O. The monoisotopic (exact) mass is 317 g/mol. The van der Waals surface area contributed by atoms with Crippen LogP contribution in [0.15, 0.2) is 54.6 Å². The quantitative estimate of drug-likeness (QED) is 0.722. The smallest absolute Gasteiger partial charge is 0.241 e. The summed E-state index contributed by atoms with van der Waals surface area (Å²) in [4.78, 5) is 2.09. The molecule has 116 valence electrons. The molecule has 0 saturated heterocycles. The number of rotatable bonds is 5. The Morgan fingerprint density at radius 2 is 1.68 bits per heavy atom. The Bertz CT molecular complexity index is 725. The van der Waals surface area contributed by atoms with Crippen LogP contribution in [0.5, 0.6) is 5.88 Å². The van der Waals surface area contributed by atoms with E-state index in [9.17, 15) is 0 Å². The molecule has 0 saturated carbocycles. The number of ether oxygens (including phenoxy) is 1. The van der Waals surface area contributed by atoms with Crippen LogP contribution in [0.1, 0.15) is 0 Å². The summed E-state index contributed by atoms with van der Waals surface area (Å²) in [6, 6.07) is 18.3. The van der Waals surface area contributed by atoms with E-state index in [1.165, 1.54) is 0 Å². The summed E-state index contributed by atoms with van der Waals surface area (Å²) in [5.41, 5.74) is 2.10. The van der Waals surface area contributed by atoms with Crippen molar-refractivity contribution in [2.45, 2.75) is 0 Å². The Morgan fingerprint density at radius 3 is 2.41 bits per heavy atom. The third-order valence-corrected chi connectivity index (χ3v) is 3.33. The maximum absolute atomic E-state index is 5.86. The zero-order chi connectivity index (χ0) is 14.7. The summed E-state index contributed by atoms with van der Waals surface area (Å²) in [6.07, 6.45) is 0. The van der Waals surface area contributed by atoms with Crippen LogP contribution >= 0.6 is 12.4 Å². The van der Waals surface area contributed by atoms with Gasteiger partial charge in [-0.25, -0.2) is 4.68 Å². The standard InChI is InChI=1S/C17H19N3O.ClH/c1-19(2)12-13-21-17-15-10-6-7-11-16(15)20(18-17)14-8-4-3-5-9-14;/h3-11H,12-13H2,1-2H3;1H. The molecule has 3 rings (SSSR count). The number of likely N-dealkylation sites (N-methyl/N-ethyl adjacent to an activating group) is 1. The van der Waals surface area contributed by atoms with Gasteiger partial charge in [0.15, 0.2) is 0 Å². The first-order valence-electron chi connectivity index (χ1n) is 7.06. The van der Waals surface area contributed by atoms with E-state index >= 15 is 0 Å². The lowest BCUT2D eigenvalue weighted by atomic mass is 10.2. The molecule has 0 aliphatic carbocycles. The number of hydrogen-bond acceptors (Lipinski definition) is 3. The highest BCUT2D eigenvalue weighted by Gasteiger charge is 2.12. The van der Waals surface area contributed by atoms with Crippen LogP contribution < -0.4 is 4.74 Å². The normalized spacial score (nSPS) is 10.7. The summed E-state index contributed by atoms with van der Waals surface area (Å²) in [5, 5.41) is 5.67. The van der Waals surface area contributed by atoms with E-state index in [1.54, 1.807) is 0 Å². The van der Waals surface area contributed by atoms with Gasteiger partial charge in [0.25, 0.3) is 0 Å². The van der Waals surface area contributed by atoms with Gasteiger partial charge >= 0.3 is 0 Å². The Morgan fingerprint density at radius 1 is 1.00 bits per heavy atom. The van der Waals surface area contributed by atoms with Crippen molar-refractivity contribution < 1.29 is 4.74 Å². The van der Waals surface area contributed by atoms with Crippen molar-refractivity contribution in [2.24, 2.45) is 0 Å². The van der Waals surface area contributed by atoms with Gasteiger partial charge in [-0.3, -0.25) is 0 Å². The van der Waals surface area contributed by atoms with Crippen LogP contribution in [-0.2, 0) is 0 Å². The molecular weight excluding hydrogens is 298 g/mol. The molecule has 0 fully saturated rings. The number of hydrogen-bond donors (Lipinski definition) is 0. The number of halogens is 1. The van der Waals surface area contributed by atoms with Crippen molar-refractivity contribution in [3.8, 4) is 11.6 Å². The van der Waals surface area contributed by atoms with Crippen molar-refractivity contribution in [3.05, 3.63) is 54.6 Å². The first-order chi connectivity index (χ1) is 10.3. The zero-order valence-corrected chi connectivity index (χ0v) is 13.6. The second kappa shape index (κ2) is 7.29. The lowest BCUT2D eigenvalue weighted by Gasteiger charge is -2.09. The molecule has 1 aromatic heterocycles. The molecule has 0 bridgehead atoms. The molecule has 0 aliphatic heterocycles. The highest BCUT2D eigenvalue weighted by molar-refractivity contribution is 5.86. The first kappa shape index (κ1) is 16.3. The summed E-state index contributed by atoms with van der Waals surface area (Å²) in [5.74, 6) is 0.691. The van der Waals surface area contributed by atoms with Gasteiger partial charge in [0.1, 0.15) is 6.61 Å². The molecule has 0 N–H and O–H groups in total. The molecule has 22 heavy (non-hydrogen) atoms. The van der Waals surface area contributed by atoms with Gasteiger partial charge in [0.2, 0.25) is 5.88 Å². The summed E-state index contributed by atoms with van der Waals surface area (Å²) < 4.78 is 7.79. The molecule has 1 heterocycles. The van der Waals surface area contributed by atoms with E-state index in [1.807, 2.05) is 67.3 Å². The van der Waals surface area contributed by atoms with Crippen LogP contribution in [0, 0.1) is 0 Å². The van der Waals surface area contributed by atoms with Gasteiger partial charge in [0.05, 0.1) is 16.6 Å². The number of benzene rings is 2. The molecule has 4 nitrogen and oxygen atoms in total. The third-order valence-electron chi connectivity index (χ3n) is 3.33. The van der Waals surface area contributed by atoms with Crippen molar-refractivity contribution in [3.63, 3.8) is 0 Å². The second-order valence-corrected chi connectivity index (χ2v) is 5.22. The highest BCUT2D eigenvalue weighted by atomic mass is 35.5. The van der Waals surface area contributed by atoms with Crippen molar-refractivity contribution in [1.29, 1.82) is 0 Å². The zero-order valence-electron chi connectivity index (χ0n) is 12.8. The molecule has 0 amide bonds. The number of nitrogens with zero attached hydrogens (tertiary/aromatic N) is 3. The van der Waals surface area contributed by atoms with Gasteiger partial charge in [-0.05, 0) is 38.4 Å². The lowest BCUT2D eigenvalue weighted by molar-refractivity contribution is 0.255. The largest absolute Gasteiger partial charge is 0.475 e. The van der Waals surface area contributed by atoms with E-state index in [2.05, 4.69) is 16.1 Å². The van der Waals surface area contributed by atoms with E-state index in [-0.39, 0.29) is 12.4 Å². The van der Waals surface area contributed by atoms with Gasteiger partial charge < -0.3 is 9.64 Å². The summed E-state index contributed by atoms with van der Waals surface area (Å²) in [6.45, 7) is 1.50. The van der Waals surface area contributed by atoms with E-state index < -0.39 is 0 Å². The number of fused-ring (bicyclic) bond motifs is 1. The van der Waals surface area contributed by atoms with Crippen molar-refractivity contribution >= 4 is 23.3 Å². The minimum Gasteiger partial charge on any atom is -0.475 e. The number of aromatic nitrogens is 2. The van der Waals surface area contributed by atoms with Crippen LogP contribution in [0.3, 0.4) is 0 Å². The molecule has 0 radical (unpaired) electrons. The fraction of sp³-hybridized carbons (Fsp3) is 0.235.